The molecule has 5 rings (SSSR count). The Morgan fingerprint density at radius 1 is 1.00 bits per heavy atom. The quantitative estimate of drug-likeness (QED) is 0.638. The monoisotopic (exact) mass is 419 g/mol. The van der Waals surface area contributed by atoms with Gasteiger partial charge in [0.2, 0.25) is 0 Å². The molecule has 154 valence electrons. The second-order valence-electron chi connectivity index (χ2n) is 8.12. The zero-order chi connectivity index (χ0) is 20.7. The molecule has 2 aliphatic rings. The lowest BCUT2D eigenvalue weighted by Crippen LogP contribution is -2.49. The van der Waals surface area contributed by atoms with Crippen molar-refractivity contribution in [3.8, 4) is 10.6 Å². The van der Waals surface area contributed by atoms with Crippen molar-refractivity contribution in [2.24, 2.45) is 0 Å². The van der Waals surface area contributed by atoms with E-state index in [1.165, 1.54) is 29.7 Å². The van der Waals surface area contributed by atoms with Crippen LogP contribution in [0.15, 0.2) is 36.4 Å². The average molecular weight is 420 g/mol. The number of rotatable bonds is 4. The van der Waals surface area contributed by atoms with Crippen molar-refractivity contribution in [3.63, 3.8) is 0 Å². The van der Waals surface area contributed by atoms with Crippen LogP contribution in [0, 0.1) is 13.8 Å². The van der Waals surface area contributed by atoms with Crippen LogP contribution in [0.4, 0.5) is 5.82 Å². The summed E-state index contributed by atoms with van der Waals surface area (Å²) in [6.45, 7) is 6.91. The molecule has 1 aliphatic heterocycles. The Kier molecular flexibility index (Phi) is 4.98. The van der Waals surface area contributed by atoms with Gasteiger partial charge >= 0.3 is 0 Å². The third kappa shape index (κ3) is 3.69. The summed E-state index contributed by atoms with van der Waals surface area (Å²) >= 11 is 1.50. The van der Waals surface area contributed by atoms with Crippen LogP contribution in [0.5, 0.6) is 0 Å². The topological polar surface area (TPSA) is 62.2 Å². The van der Waals surface area contributed by atoms with Crippen molar-refractivity contribution >= 4 is 23.1 Å². The van der Waals surface area contributed by atoms with E-state index in [4.69, 9.17) is 0 Å². The number of hydrogen-bond donors (Lipinski definition) is 0. The van der Waals surface area contributed by atoms with Gasteiger partial charge in [0.15, 0.2) is 5.82 Å². The van der Waals surface area contributed by atoms with Crippen LogP contribution < -0.4 is 4.90 Å². The van der Waals surface area contributed by atoms with Gasteiger partial charge in [-0.05, 0) is 44.4 Å². The SMILES string of the molecule is Cc1ccccc1-c1nc(C)c(C(=O)N2CCN(c3ccc(C4CC4)nn3)CC2)s1. The van der Waals surface area contributed by atoms with Gasteiger partial charge in [0.1, 0.15) is 9.88 Å². The van der Waals surface area contributed by atoms with Gasteiger partial charge in [-0.3, -0.25) is 4.79 Å². The third-order valence-electron chi connectivity index (χ3n) is 5.92. The predicted octanol–water partition coefficient (Wildman–Crippen LogP) is 4.06. The Labute approximate surface area is 180 Å². The van der Waals surface area contributed by atoms with Crippen LogP contribution in [0.2, 0.25) is 0 Å². The van der Waals surface area contributed by atoms with Gasteiger partial charge in [0, 0.05) is 37.7 Å². The van der Waals surface area contributed by atoms with Crippen LogP contribution in [-0.2, 0) is 0 Å². The van der Waals surface area contributed by atoms with E-state index in [1.807, 2.05) is 24.0 Å². The molecule has 1 aromatic carbocycles. The van der Waals surface area contributed by atoms with Gasteiger partial charge in [-0.25, -0.2) is 4.98 Å². The minimum atomic E-state index is 0.0830. The molecule has 0 atom stereocenters. The molecule has 0 bridgehead atoms. The number of aryl methyl sites for hydroxylation is 2. The summed E-state index contributed by atoms with van der Waals surface area (Å²) in [6, 6.07) is 12.4. The average Bonchev–Trinajstić information content (AvgIpc) is 3.56. The molecule has 6 nitrogen and oxygen atoms in total. The van der Waals surface area contributed by atoms with Crippen LogP contribution in [0.3, 0.4) is 0 Å². The molecule has 0 radical (unpaired) electrons. The zero-order valence-corrected chi connectivity index (χ0v) is 18.2. The predicted molar refractivity (Wildman–Crippen MR) is 119 cm³/mol. The number of hydrogen-bond acceptors (Lipinski definition) is 6. The van der Waals surface area contributed by atoms with E-state index in [-0.39, 0.29) is 5.91 Å². The number of thiazole rings is 1. The maximum Gasteiger partial charge on any atom is 0.265 e. The summed E-state index contributed by atoms with van der Waals surface area (Å²) in [7, 11) is 0. The molecule has 3 heterocycles. The Hall–Kier alpha value is -2.80. The fraction of sp³-hybridized carbons (Fsp3) is 0.391. The fourth-order valence-corrected chi connectivity index (χ4v) is 5.03. The second-order valence-corrected chi connectivity index (χ2v) is 9.12. The molecule has 1 saturated carbocycles. The Balaban J connectivity index is 1.26. The normalized spacial score (nSPS) is 16.7. The summed E-state index contributed by atoms with van der Waals surface area (Å²) in [5.74, 6) is 1.61. The van der Waals surface area contributed by atoms with Crippen LogP contribution in [0.1, 0.15) is 45.4 Å². The summed E-state index contributed by atoms with van der Waals surface area (Å²) in [6.07, 6.45) is 2.47. The lowest BCUT2D eigenvalue weighted by Gasteiger charge is -2.35. The minimum absolute atomic E-state index is 0.0830. The Bertz CT molecular complexity index is 1070. The standard InChI is InChI=1S/C23H25N5OS/c1-15-5-3-4-6-18(15)22-24-16(2)21(30-22)23(29)28-13-11-27(12-14-28)20-10-9-19(25-26-20)17-7-8-17/h3-6,9-10,17H,7-8,11-14H2,1-2H3. The molecule has 3 aromatic rings. The molecule has 0 spiro atoms. The molecule has 1 amide bonds. The van der Waals surface area contributed by atoms with Gasteiger partial charge in [0.25, 0.3) is 5.91 Å². The highest BCUT2D eigenvalue weighted by atomic mass is 32.1. The van der Waals surface area contributed by atoms with Gasteiger partial charge in [-0.2, -0.15) is 5.10 Å². The van der Waals surface area contributed by atoms with Crippen molar-refractivity contribution < 1.29 is 4.79 Å². The smallest absolute Gasteiger partial charge is 0.265 e. The lowest BCUT2D eigenvalue weighted by molar-refractivity contribution is 0.0750. The Morgan fingerprint density at radius 2 is 1.77 bits per heavy atom. The van der Waals surface area contributed by atoms with E-state index in [9.17, 15) is 4.79 Å². The number of amides is 1. The molecular formula is C23H25N5OS. The molecule has 0 N–H and O–H groups in total. The van der Waals surface area contributed by atoms with E-state index in [1.54, 1.807) is 0 Å². The molecule has 7 heteroatoms. The van der Waals surface area contributed by atoms with Crippen molar-refractivity contribution in [1.29, 1.82) is 0 Å². The summed E-state index contributed by atoms with van der Waals surface area (Å²) < 4.78 is 0. The van der Waals surface area contributed by atoms with E-state index >= 15 is 0 Å². The number of benzene rings is 1. The minimum Gasteiger partial charge on any atom is -0.352 e. The zero-order valence-electron chi connectivity index (χ0n) is 17.3. The molecular weight excluding hydrogens is 394 g/mol. The van der Waals surface area contributed by atoms with Gasteiger partial charge in [-0.15, -0.1) is 16.4 Å². The number of carbonyl (C=O) groups excluding carboxylic acids is 1. The maximum absolute atomic E-state index is 13.2. The largest absolute Gasteiger partial charge is 0.352 e. The van der Waals surface area contributed by atoms with Crippen molar-refractivity contribution in [3.05, 3.63) is 58.2 Å². The van der Waals surface area contributed by atoms with E-state index in [0.717, 1.165) is 45.7 Å². The maximum atomic E-state index is 13.2. The first-order valence-electron chi connectivity index (χ1n) is 10.5. The van der Waals surface area contributed by atoms with Gasteiger partial charge in [0.05, 0.1) is 11.4 Å². The number of carbonyl (C=O) groups is 1. The van der Waals surface area contributed by atoms with Crippen LogP contribution in [0.25, 0.3) is 10.6 Å². The molecule has 1 aliphatic carbocycles. The van der Waals surface area contributed by atoms with Crippen molar-refractivity contribution in [2.75, 3.05) is 31.1 Å². The van der Waals surface area contributed by atoms with Gasteiger partial charge in [-0.1, -0.05) is 24.3 Å². The highest BCUT2D eigenvalue weighted by molar-refractivity contribution is 7.17. The van der Waals surface area contributed by atoms with E-state index in [0.29, 0.717) is 19.0 Å². The first kappa shape index (κ1) is 19.2. The summed E-state index contributed by atoms with van der Waals surface area (Å²) in [5.41, 5.74) is 4.19. The summed E-state index contributed by atoms with van der Waals surface area (Å²) in [5, 5.41) is 9.72. The lowest BCUT2D eigenvalue weighted by atomic mass is 10.1. The van der Waals surface area contributed by atoms with Crippen molar-refractivity contribution in [1.82, 2.24) is 20.1 Å². The molecule has 2 aromatic heterocycles. The van der Waals surface area contributed by atoms with Crippen LogP contribution >= 0.6 is 11.3 Å². The molecule has 0 unspecified atom stereocenters. The van der Waals surface area contributed by atoms with Gasteiger partial charge < -0.3 is 9.80 Å². The molecule has 2 fully saturated rings. The number of anilines is 1. The first-order chi connectivity index (χ1) is 14.6. The Morgan fingerprint density at radius 3 is 2.43 bits per heavy atom. The number of piperazine rings is 1. The highest BCUT2D eigenvalue weighted by Gasteiger charge is 2.28. The first-order valence-corrected chi connectivity index (χ1v) is 11.3. The molecule has 30 heavy (non-hydrogen) atoms. The summed E-state index contributed by atoms with van der Waals surface area (Å²) in [4.78, 5) is 22.8. The van der Waals surface area contributed by atoms with E-state index in [2.05, 4.69) is 51.3 Å². The van der Waals surface area contributed by atoms with E-state index < -0.39 is 0 Å². The molecule has 1 saturated heterocycles. The number of aromatic nitrogens is 3. The second kappa shape index (κ2) is 7.80. The van der Waals surface area contributed by atoms with Crippen LogP contribution in [-0.4, -0.2) is 52.2 Å². The third-order valence-corrected chi connectivity index (χ3v) is 7.10. The fourth-order valence-electron chi connectivity index (χ4n) is 3.91. The number of nitrogens with zero attached hydrogens (tertiary/aromatic N) is 5. The van der Waals surface area contributed by atoms with Crippen molar-refractivity contribution in [2.45, 2.75) is 32.6 Å². The highest BCUT2D eigenvalue weighted by Crippen LogP contribution is 2.38.